The summed E-state index contributed by atoms with van der Waals surface area (Å²) < 4.78 is 12.9. The minimum atomic E-state index is -0.281. The number of thioether (sulfide) groups is 1. The van der Waals surface area contributed by atoms with Crippen LogP contribution in [0.2, 0.25) is 0 Å². The normalized spacial score (nSPS) is 12.9. The van der Waals surface area contributed by atoms with Crippen molar-refractivity contribution in [2.24, 2.45) is 0 Å². The van der Waals surface area contributed by atoms with Crippen molar-refractivity contribution in [1.29, 1.82) is 0 Å². The highest BCUT2D eigenvalue weighted by molar-refractivity contribution is 7.98. The second-order valence-electron chi connectivity index (χ2n) is 4.60. The molecule has 0 aromatic carbocycles. The van der Waals surface area contributed by atoms with Gasteiger partial charge in [-0.1, -0.05) is 6.92 Å². The smallest absolute Gasteiger partial charge is 0.141 e. The fourth-order valence-electron chi connectivity index (χ4n) is 1.90. The van der Waals surface area contributed by atoms with Crippen LogP contribution < -0.4 is 5.32 Å². The van der Waals surface area contributed by atoms with Gasteiger partial charge in [0.05, 0.1) is 17.9 Å². The van der Waals surface area contributed by atoms with Gasteiger partial charge >= 0.3 is 0 Å². The highest BCUT2D eigenvalue weighted by Gasteiger charge is 2.12. The molecule has 1 unspecified atom stereocenters. The van der Waals surface area contributed by atoms with Crippen molar-refractivity contribution in [2.75, 3.05) is 38.7 Å². The molecule has 0 saturated carbocycles. The van der Waals surface area contributed by atoms with Crippen LogP contribution in [0.25, 0.3) is 0 Å². The topological polar surface area (TPSA) is 28.2 Å². The van der Waals surface area contributed by atoms with Gasteiger partial charge in [-0.3, -0.25) is 4.98 Å². The maximum absolute atomic E-state index is 12.9. The highest BCUT2D eigenvalue weighted by Crippen LogP contribution is 2.15. The summed E-state index contributed by atoms with van der Waals surface area (Å²) in [5, 5.41) is 3.41. The number of pyridine rings is 1. The van der Waals surface area contributed by atoms with Gasteiger partial charge in [-0.2, -0.15) is 11.8 Å². The van der Waals surface area contributed by atoms with Crippen molar-refractivity contribution in [3.05, 3.63) is 29.8 Å². The van der Waals surface area contributed by atoms with E-state index in [2.05, 4.69) is 35.4 Å². The zero-order valence-corrected chi connectivity index (χ0v) is 12.8. The first-order valence-corrected chi connectivity index (χ1v) is 8.09. The van der Waals surface area contributed by atoms with Crippen molar-refractivity contribution in [2.45, 2.75) is 19.4 Å². The van der Waals surface area contributed by atoms with E-state index in [1.165, 1.54) is 12.3 Å². The molecule has 5 heteroatoms. The number of halogens is 1. The van der Waals surface area contributed by atoms with Gasteiger partial charge in [-0.25, -0.2) is 4.39 Å². The Kier molecular flexibility index (Phi) is 8.02. The van der Waals surface area contributed by atoms with Crippen LogP contribution in [-0.2, 0) is 0 Å². The molecular weight excluding hydrogens is 261 g/mol. The van der Waals surface area contributed by atoms with E-state index >= 15 is 0 Å². The fourth-order valence-corrected chi connectivity index (χ4v) is 2.40. The summed E-state index contributed by atoms with van der Waals surface area (Å²) in [6, 6.07) is 3.44. The Bertz CT molecular complexity index is 345. The molecule has 1 aromatic rings. The Morgan fingerprint density at radius 2 is 2.21 bits per heavy atom. The summed E-state index contributed by atoms with van der Waals surface area (Å²) in [5.74, 6) is 0.869. The van der Waals surface area contributed by atoms with Gasteiger partial charge in [0.1, 0.15) is 5.82 Å². The maximum atomic E-state index is 12.9. The van der Waals surface area contributed by atoms with Gasteiger partial charge in [-0.15, -0.1) is 0 Å². The number of nitrogens with zero attached hydrogens (tertiary/aromatic N) is 2. The third-order valence-electron chi connectivity index (χ3n) is 3.03. The number of nitrogens with one attached hydrogen (secondary N) is 1. The Hall–Kier alpha value is -0.650. The summed E-state index contributed by atoms with van der Waals surface area (Å²) in [6.45, 7) is 5.07. The predicted octanol–water partition coefficient (Wildman–Crippen LogP) is 2.56. The second-order valence-corrected chi connectivity index (χ2v) is 5.58. The first kappa shape index (κ1) is 16.4. The SMILES string of the molecule is CCNC(CCN(C)CCSC)c1ccc(F)cn1. The Labute approximate surface area is 120 Å². The molecule has 0 aliphatic carbocycles. The zero-order chi connectivity index (χ0) is 14.1. The summed E-state index contributed by atoms with van der Waals surface area (Å²) in [5.41, 5.74) is 0.918. The lowest BCUT2D eigenvalue weighted by atomic mass is 10.1. The molecule has 1 heterocycles. The van der Waals surface area contributed by atoms with Crippen LogP contribution in [0.1, 0.15) is 25.1 Å². The van der Waals surface area contributed by atoms with Crippen LogP contribution in [-0.4, -0.2) is 48.6 Å². The van der Waals surface area contributed by atoms with Crippen LogP contribution in [0.5, 0.6) is 0 Å². The molecule has 0 amide bonds. The molecule has 0 radical (unpaired) electrons. The molecule has 0 aliphatic rings. The van der Waals surface area contributed by atoms with E-state index in [0.29, 0.717) is 0 Å². The van der Waals surface area contributed by atoms with Crippen LogP contribution >= 0.6 is 11.8 Å². The molecule has 0 fully saturated rings. The lowest BCUT2D eigenvalue weighted by Gasteiger charge is -2.21. The van der Waals surface area contributed by atoms with E-state index in [0.717, 1.165) is 37.5 Å². The molecule has 1 aromatic heterocycles. The summed E-state index contributed by atoms with van der Waals surface area (Å²) >= 11 is 1.86. The van der Waals surface area contributed by atoms with Gasteiger partial charge in [0.25, 0.3) is 0 Å². The number of aromatic nitrogens is 1. The van der Waals surface area contributed by atoms with Gasteiger partial charge in [0.15, 0.2) is 0 Å². The average molecular weight is 285 g/mol. The minimum Gasteiger partial charge on any atom is -0.309 e. The van der Waals surface area contributed by atoms with E-state index in [-0.39, 0.29) is 11.9 Å². The molecule has 1 atom stereocenters. The van der Waals surface area contributed by atoms with Crippen molar-refractivity contribution in [3.8, 4) is 0 Å². The van der Waals surface area contributed by atoms with Crippen molar-refractivity contribution < 1.29 is 4.39 Å². The summed E-state index contributed by atoms with van der Waals surface area (Å²) in [6.07, 6.45) is 4.40. The minimum absolute atomic E-state index is 0.197. The second kappa shape index (κ2) is 9.28. The van der Waals surface area contributed by atoms with E-state index in [1.54, 1.807) is 6.07 Å². The average Bonchev–Trinajstić information content (AvgIpc) is 2.42. The molecule has 0 spiro atoms. The molecule has 19 heavy (non-hydrogen) atoms. The van der Waals surface area contributed by atoms with Crippen molar-refractivity contribution >= 4 is 11.8 Å². The van der Waals surface area contributed by atoms with E-state index in [9.17, 15) is 4.39 Å². The number of rotatable bonds is 9. The first-order valence-electron chi connectivity index (χ1n) is 6.69. The van der Waals surface area contributed by atoms with Crippen LogP contribution in [0.4, 0.5) is 4.39 Å². The highest BCUT2D eigenvalue weighted by atomic mass is 32.2. The molecule has 0 saturated heterocycles. The molecule has 1 rings (SSSR count). The number of hydrogen-bond acceptors (Lipinski definition) is 4. The Morgan fingerprint density at radius 3 is 2.79 bits per heavy atom. The number of hydrogen-bond donors (Lipinski definition) is 1. The van der Waals surface area contributed by atoms with Crippen LogP contribution in [0.3, 0.4) is 0 Å². The summed E-state index contributed by atoms with van der Waals surface area (Å²) in [4.78, 5) is 6.50. The third-order valence-corrected chi connectivity index (χ3v) is 3.63. The van der Waals surface area contributed by atoms with Crippen molar-refractivity contribution in [1.82, 2.24) is 15.2 Å². The van der Waals surface area contributed by atoms with Crippen LogP contribution in [0.15, 0.2) is 18.3 Å². The molecule has 1 N–H and O–H groups in total. The zero-order valence-electron chi connectivity index (χ0n) is 12.0. The molecule has 0 bridgehead atoms. The van der Waals surface area contributed by atoms with E-state index in [4.69, 9.17) is 0 Å². The lowest BCUT2D eigenvalue weighted by Crippen LogP contribution is -2.29. The molecular formula is C14H24FN3S. The van der Waals surface area contributed by atoms with Gasteiger partial charge in [0.2, 0.25) is 0 Å². The van der Waals surface area contributed by atoms with Gasteiger partial charge < -0.3 is 10.2 Å². The van der Waals surface area contributed by atoms with E-state index < -0.39 is 0 Å². The largest absolute Gasteiger partial charge is 0.309 e. The lowest BCUT2D eigenvalue weighted by molar-refractivity contribution is 0.323. The van der Waals surface area contributed by atoms with Crippen molar-refractivity contribution in [3.63, 3.8) is 0 Å². The monoisotopic (exact) mass is 285 g/mol. The molecule has 108 valence electrons. The maximum Gasteiger partial charge on any atom is 0.141 e. The first-order chi connectivity index (χ1) is 9.17. The van der Waals surface area contributed by atoms with Gasteiger partial charge in [0, 0.05) is 12.3 Å². The Balaban J connectivity index is 2.50. The predicted molar refractivity (Wildman–Crippen MR) is 81.1 cm³/mol. The fraction of sp³-hybridized carbons (Fsp3) is 0.643. The summed E-state index contributed by atoms with van der Waals surface area (Å²) in [7, 11) is 2.14. The van der Waals surface area contributed by atoms with E-state index in [1.807, 2.05) is 11.8 Å². The Morgan fingerprint density at radius 1 is 1.42 bits per heavy atom. The van der Waals surface area contributed by atoms with Crippen LogP contribution in [0, 0.1) is 5.82 Å². The molecule has 0 aliphatic heterocycles. The standard InChI is InChI=1S/C14H24FN3S/c1-4-16-14(7-8-18(2)9-10-19-3)13-6-5-12(15)11-17-13/h5-6,11,14,16H,4,7-10H2,1-3H3. The third kappa shape index (κ3) is 6.36. The molecule has 3 nitrogen and oxygen atoms in total. The quantitative estimate of drug-likeness (QED) is 0.755. The van der Waals surface area contributed by atoms with Gasteiger partial charge in [-0.05, 0) is 44.9 Å².